The van der Waals surface area contributed by atoms with Crippen molar-refractivity contribution in [2.24, 2.45) is 11.8 Å². The second-order valence-electron chi connectivity index (χ2n) is 9.74. The third kappa shape index (κ3) is 3.19. The number of anilines is 2. The number of rotatable bonds is 4. The fraction of sp³-hybridized carbons (Fsp3) is 0.233. The van der Waals surface area contributed by atoms with Gasteiger partial charge in [-0.1, -0.05) is 30.4 Å². The Kier molecular flexibility index (Phi) is 5.04. The zero-order chi connectivity index (χ0) is 26.0. The van der Waals surface area contributed by atoms with E-state index < -0.39 is 23.9 Å². The van der Waals surface area contributed by atoms with E-state index in [1.165, 1.54) is 4.90 Å². The lowest BCUT2D eigenvalue weighted by molar-refractivity contribution is -0.122. The van der Waals surface area contributed by atoms with Crippen molar-refractivity contribution in [1.82, 2.24) is 0 Å². The number of hydrogen-bond acceptors (Lipinski definition) is 7. The van der Waals surface area contributed by atoms with Crippen molar-refractivity contribution in [3.8, 4) is 17.2 Å². The predicted molar refractivity (Wildman–Crippen MR) is 140 cm³/mol. The lowest BCUT2D eigenvalue weighted by Crippen LogP contribution is -2.48. The number of Topliss-reactive ketones (excluding diaryl/α,β-unsaturated/α-hetero) is 1. The van der Waals surface area contributed by atoms with E-state index in [0.29, 0.717) is 41.7 Å². The van der Waals surface area contributed by atoms with Gasteiger partial charge in [-0.25, -0.2) is 4.90 Å². The molecule has 0 bridgehead atoms. The third-order valence-electron chi connectivity index (χ3n) is 7.84. The molecule has 4 aliphatic heterocycles. The van der Waals surface area contributed by atoms with Crippen LogP contribution in [0.3, 0.4) is 0 Å². The van der Waals surface area contributed by atoms with E-state index >= 15 is 0 Å². The molecule has 38 heavy (non-hydrogen) atoms. The van der Waals surface area contributed by atoms with Crippen LogP contribution in [0.2, 0.25) is 0 Å². The maximum Gasteiger partial charge on any atom is 0.240 e. The van der Waals surface area contributed by atoms with Gasteiger partial charge in [0.1, 0.15) is 25.0 Å². The Morgan fingerprint density at radius 2 is 1.63 bits per heavy atom. The van der Waals surface area contributed by atoms with E-state index in [1.807, 2.05) is 41.3 Å². The van der Waals surface area contributed by atoms with Gasteiger partial charge in [0.05, 0.1) is 30.7 Å². The molecule has 3 aromatic rings. The number of carbonyl (C=O) groups excluding carboxylic acids is 3. The first kappa shape index (κ1) is 22.6. The second kappa shape index (κ2) is 8.48. The molecule has 0 aromatic heterocycles. The lowest BCUT2D eigenvalue weighted by atomic mass is 9.86. The average Bonchev–Trinajstić information content (AvgIpc) is 3.44. The van der Waals surface area contributed by atoms with Crippen LogP contribution in [0.4, 0.5) is 11.4 Å². The predicted octanol–water partition coefficient (Wildman–Crippen LogP) is 3.74. The smallest absolute Gasteiger partial charge is 0.240 e. The minimum absolute atomic E-state index is 0.208. The second-order valence-corrected chi connectivity index (χ2v) is 9.74. The largest absolute Gasteiger partial charge is 0.497 e. The highest BCUT2D eigenvalue weighted by Gasteiger charge is 2.64. The first-order valence-corrected chi connectivity index (χ1v) is 12.6. The molecule has 8 heteroatoms. The quantitative estimate of drug-likeness (QED) is 0.392. The number of carbonyl (C=O) groups is 3. The number of methoxy groups -OCH3 is 1. The minimum Gasteiger partial charge on any atom is -0.497 e. The van der Waals surface area contributed by atoms with Gasteiger partial charge < -0.3 is 19.1 Å². The number of fused-ring (bicyclic) bond motifs is 6. The van der Waals surface area contributed by atoms with Crippen molar-refractivity contribution < 1.29 is 28.6 Å². The third-order valence-corrected chi connectivity index (χ3v) is 7.84. The van der Waals surface area contributed by atoms with Gasteiger partial charge in [-0.3, -0.25) is 14.4 Å². The molecular weight excluding hydrogens is 484 g/mol. The summed E-state index contributed by atoms with van der Waals surface area (Å²) in [5, 5.41) is 0. The Balaban J connectivity index is 1.33. The normalized spacial score (nSPS) is 24.7. The lowest BCUT2D eigenvalue weighted by Gasteiger charge is -2.36. The van der Waals surface area contributed by atoms with Crippen LogP contribution in [0.25, 0.3) is 6.08 Å². The molecule has 4 heterocycles. The number of benzene rings is 3. The van der Waals surface area contributed by atoms with Gasteiger partial charge in [-0.05, 0) is 48.0 Å². The van der Waals surface area contributed by atoms with Gasteiger partial charge in [-0.15, -0.1) is 0 Å². The number of para-hydroxylation sites is 1. The first-order valence-electron chi connectivity index (χ1n) is 12.6. The molecule has 2 saturated heterocycles. The molecule has 3 aromatic carbocycles. The van der Waals surface area contributed by atoms with E-state index in [-0.39, 0.29) is 17.6 Å². The van der Waals surface area contributed by atoms with Crippen LogP contribution in [0.15, 0.2) is 72.8 Å². The van der Waals surface area contributed by atoms with Crippen LogP contribution in [-0.4, -0.2) is 50.0 Å². The van der Waals surface area contributed by atoms with Crippen LogP contribution in [-0.2, 0) is 9.59 Å². The van der Waals surface area contributed by atoms with Crippen molar-refractivity contribution in [2.75, 3.05) is 30.1 Å². The number of ether oxygens (including phenoxy) is 3. The summed E-state index contributed by atoms with van der Waals surface area (Å²) in [6.45, 7) is 0.835. The van der Waals surface area contributed by atoms with Gasteiger partial charge in [0, 0.05) is 17.3 Å². The summed E-state index contributed by atoms with van der Waals surface area (Å²) >= 11 is 0. The monoisotopic (exact) mass is 508 g/mol. The van der Waals surface area contributed by atoms with Gasteiger partial charge in [0.25, 0.3) is 0 Å². The van der Waals surface area contributed by atoms with Crippen LogP contribution >= 0.6 is 0 Å². The van der Waals surface area contributed by atoms with Gasteiger partial charge >= 0.3 is 0 Å². The van der Waals surface area contributed by atoms with Crippen molar-refractivity contribution in [2.45, 2.75) is 12.1 Å². The Labute approximate surface area is 219 Å². The van der Waals surface area contributed by atoms with Crippen LogP contribution < -0.4 is 24.0 Å². The summed E-state index contributed by atoms with van der Waals surface area (Å²) in [5.74, 6) is -0.759. The van der Waals surface area contributed by atoms with E-state index in [0.717, 1.165) is 11.3 Å². The van der Waals surface area contributed by atoms with Crippen molar-refractivity contribution in [1.29, 1.82) is 0 Å². The van der Waals surface area contributed by atoms with Crippen LogP contribution in [0.5, 0.6) is 17.2 Å². The molecule has 8 nitrogen and oxygen atoms in total. The molecule has 2 fully saturated rings. The molecule has 0 N–H and O–H groups in total. The number of hydrogen-bond donors (Lipinski definition) is 0. The minimum atomic E-state index is -0.844. The average molecular weight is 509 g/mol. The highest BCUT2D eigenvalue weighted by molar-refractivity contribution is 6.25. The molecule has 0 saturated carbocycles. The fourth-order valence-corrected chi connectivity index (χ4v) is 6.17. The van der Waals surface area contributed by atoms with E-state index in [4.69, 9.17) is 14.2 Å². The Hall–Kier alpha value is -4.59. The summed E-state index contributed by atoms with van der Waals surface area (Å²) < 4.78 is 16.6. The molecule has 4 aliphatic rings. The highest BCUT2D eigenvalue weighted by Crippen LogP contribution is 2.50. The highest BCUT2D eigenvalue weighted by atomic mass is 16.6. The zero-order valence-electron chi connectivity index (χ0n) is 20.6. The van der Waals surface area contributed by atoms with Crippen molar-refractivity contribution in [3.63, 3.8) is 0 Å². The zero-order valence-corrected chi connectivity index (χ0v) is 20.6. The Morgan fingerprint density at radius 1 is 0.895 bits per heavy atom. The molecule has 2 amide bonds. The van der Waals surface area contributed by atoms with Crippen LogP contribution in [0.1, 0.15) is 15.9 Å². The number of imide groups is 1. The van der Waals surface area contributed by atoms with Gasteiger partial charge in [0.15, 0.2) is 17.3 Å². The van der Waals surface area contributed by atoms with E-state index in [2.05, 4.69) is 0 Å². The van der Waals surface area contributed by atoms with Crippen molar-refractivity contribution >= 4 is 35.0 Å². The molecule has 4 atom stereocenters. The number of amides is 2. The standard InChI is InChI=1S/C30H24N2O6/c1-36-20-10-6-18(7-11-20)28(33)27-26-25(22-12-8-17-4-2-3-5-21(17)32(22)27)29(34)31(30(26)35)19-9-13-23-24(16-19)38-15-14-37-23/h2-13,16,22,25-27H,14-15H2,1H3/t22-,25-,26-,27+/m1/s1. The molecule has 0 radical (unpaired) electrons. The summed E-state index contributed by atoms with van der Waals surface area (Å²) in [6.07, 6.45) is 3.91. The Morgan fingerprint density at radius 3 is 2.42 bits per heavy atom. The maximum atomic E-state index is 14.1. The van der Waals surface area contributed by atoms with Crippen molar-refractivity contribution in [3.05, 3.63) is 83.9 Å². The van der Waals surface area contributed by atoms with E-state index in [1.54, 1.807) is 49.6 Å². The molecule has 190 valence electrons. The van der Waals surface area contributed by atoms with Crippen LogP contribution in [0, 0.1) is 11.8 Å². The summed E-state index contributed by atoms with van der Waals surface area (Å²) in [6, 6.07) is 18.4. The molecule has 0 aliphatic carbocycles. The summed E-state index contributed by atoms with van der Waals surface area (Å²) in [4.78, 5) is 45.3. The SMILES string of the molecule is COc1ccc(C(=O)[C@@H]2[C@@H]3C(=O)N(c4ccc5c(c4)OCCO5)C(=O)[C@@H]3[C@H]3C=Cc4ccccc4N32)cc1. The summed E-state index contributed by atoms with van der Waals surface area (Å²) in [7, 11) is 1.56. The van der Waals surface area contributed by atoms with Gasteiger partial charge in [-0.2, -0.15) is 0 Å². The number of nitrogens with zero attached hydrogens (tertiary/aromatic N) is 2. The maximum absolute atomic E-state index is 14.1. The fourth-order valence-electron chi connectivity index (χ4n) is 6.17. The Bertz CT molecular complexity index is 1510. The first-order chi connectivity index (χ1) is 18.6. The van der Waals surface area contributed by atoms with Gasteiger partial charge in [0.2, 0.25) is 11.8 Å². The molecular formula is C30H24N2O6. The topological polar surface area (TPSA) is 85.4 Å². The van der Waals surface area contributed by atoms with E-state index in [9.17, 15) is 14.4 Å². The molecule has 0 spiro atoms. The molecule has 7 rings (SSSR count). The summed E-state index contributed by atoms with van der Waals surface area (Å²) in [5.41, 5.74) is 2.66. The molecule has 0 unspecified atom stereocenters. The number of ketones is 1.